The number of thiazole rings is 1. The first-order valence-corrected chi connectivity index (χ1v) is 10.6. The van der Waals surface area contributed by atoms with Gasteiger partial charge in [0.15, 0.2) is 5.13 Å². The lowest BCUT2D eigenvalue weighted by molar-refractivity contribution is -0.856. The van der Waals surface area contributed by atoms with E-state index in [9.17, 15) is 4.79 Å². The zero-order chi connectivity index (χ0) is 18.5. The van der Waals surface area contributed by atoms with Gasteiger partial charge in [0.1, 0.15) is 0 Å². The molecule has 0 atom stereocenters. The largest absolute Gasteiger partial charge is 0.338 e. The lowest BCUT2D eigenvalue weighted by atomic mass is 10.2. The zero-order valence-corrected chi connectivity index (χ0v) is 17.0. The summed E-state index contributed by atoms with van der Waals surface area (Å²) in [5.74, 6) is 0.967. The van der Waals surface area contributed by atoms with E-state index in [2.05, 4.69) is 27.1 Å². The number of anilines is 1. The average Bonchev–Trinajstić information content (AvgIpc) is 3.06. The van der Waals surface area contributed by atoms with Gasteiger partial charge >= 0.3 is 0 Å². The molecule has 1 heterocycles. The van der Waals surface area contributed by atoms with E-state index in [1.54, 1.807) is 23.1 Å². The molecule has 0 unspecified atom stereocenters. The molecular formula is C20H24N3OS2+. The molecule has 0 radical (unpaired) electrons. The standard InChI is InChI=1S/C20H23N3OS2/c1-4-25-17-11-7-5-9-15(17)19(24)23(14-13-22(2)3)20-21-16-10-6-8-12-18(16)26-20/h5-12H,4,13-14H2,1-3H3/p+1. The number of hydrogen-bond acceptors (Lipinski definition) is 4. The molecule has 0 saturated heterocycles. The highest BCUT2D eigenvalue weighted by atomic mass is 32.2. The number of carbonyl (C=O) groups excluding carboxylic acids is 1. The van der Waals surface area contributed by atoms with Crippen LogP contribution in [0.5, 0.6) is 0 Å². The van der Waals surface area contributed by atoms with Crippen molar-refractivity contribution in [3.05, 3.63) is 54.1 Å². The van der Waals surface area contributed by atoms with Crippen LogP contribution < -0.4 is 9.80 Å². The van der Waals surface area contributed by atoms with Crippen molar-refractivity contribution in [1.82, 2.24) is 4.98 Å². The molecule has 136 valence electrons. The smallest absolute Gasteiger partial charge is 0.261 e. The number of nitrogens with zero attached hydrogens (tertiary/aromatic N) is 2. The van der Waals surface area contributed by atoms with Crippen molar-refractivity contribution < 1.29 is 9.69 Å². The highest BCUT2D eigenvalue weighted by molar-refractivity contribution is 7.99. The maximum absolute atomic E-state index is 13.4. The number of carbonyl (C=O) groups is 1. The second kappa shape index (κ2) is 8.66. The molecule has 0 aliphatic heterocycles. The van der Waals surface area contributed by atoms with Crippen molar-refractivity contribution in [2.45, 2.75) is 11.8 Å². The Balaban J connectivity index is 1.99. The van der Waals surface area contributed by atoms with Gasteiger partial charge in [0.25, 0.3) is 5.91 Å². The van der Waals surface area contributed by atoms with Crippen molar-refractivity contribution in [2.75, 3.05) is 37.8 Å². The minimum Gasteiger partial charge on any atom is -0.338 e. The van der Waals surface area contributed by atoms with Crippen molar-refractivity contribution in [2.24, 2.45) is 0 Å². The Labute approximate surface area is 162 Å². The summed E-state index contributed by atoms with van der Waals surface area (Å²) in [6, 6.07) is 15.9. The molecule has 1 N–H and O–H groups in total. The Hall–Kier alpha value is -1.89. The molecule has 3 aromatic rings. The van der Waals surface area contributed by atoms with E-state index in [0.717, 1.165) is 38.1 Å². The third kappa shape index (κ3) is 4.26. The van der Waals surface area contributed by atoms with Crippen molar-refractivity contribution in [3.8, 4) is 0 Å². The molecule has 4 nitrogen and oxygen atoms in total. The quantitative estimate of drug-likeness (QED) is 0.634. The second-order valence-electron chi connectivity index (χ2n) is 6.31. The number of amides is 1. The fourth-order valence-corrected chi connectivity index (χ4v) is 4.45. The summed E-state index contributed by atoms with van der Waals surface area (Å²) in [6.45, 7) is 3.61. The number of fused-ring (bicyclic) bond motifs is 1. The summed E-state index contributed by atoms with van der Waals surface area (Å²) < 4.78 is 1.11. The number of para-hydroxylation sites is 1. The van der Waals surface area contributed by atoms with Crippen molar-refractivity contribution in [1.29, 1.82) is 0 Å². The average molecular weight is 387 g/mol. The van der Waals surface area contributed by atoms with Crippen LogP contribution in [-0.4, -0.2) is 43.8 Å². The van der Waals surface area contributed by atoms with Crippen LogP contribution in [0.3, 0.4) is 0 Å². The third-order valence-electron chi connectivity index (χ3n) is 4.01. The molecule has 1 aromatic heterocycles. The summed E-state index contributed by atoms with van der Waals surface area (Å²) in [7, 11) is 4.20. The molecule has 1 amide bonds. The van der Waals surface area contributed by atoms with Gasteiger partial charge in [0.2, 0.25) is 0 Å². The normalized spacial score (nSPS) is 11.2. The molecule has 26 heavy (non-hydrogen) atoms. The molecular weight excluding hydrogens is 362 g/mol. The number of benzene rings is 2. The number of quaternary nitrogens is 1. The maximum atomic E-state index is 13.4. The lowest BCUT2D eigenvalue weighted by Crippen LogP contribution is -3.06. The van der Waals surface area contributed by atoms with Gasteiger partial charge in [0, 0.05) is 4.90 Å². The van der Waals surface area contributed by atoms with Crippen LogP contribution in [0.25, 0.3) is 10.2 Å². The topological polar surface area (TPSA) is 37.6 Å². The predicted molar refractivity (Wildman–Crippen MR) is 112 cm³/mol. The Kier molecular flexibility index (Phi) is 6.29. The van der Waals surface area contributed by atoms with E-state index in [0.29, 0.717) is 6.54 Å². The minimum absolute atomic E-state index is 0.0295. The fourth-order valence-electron chi connectivity index (χ4n) is 2.67. The number of rotatable bonds is 7. The van der Waals surface area contributed by atoms with Crippen molar-refractivity contribution >= 4 is 44.4 Å². The van der Waals surface area contributed by atoms with Gasteiger partial charge in [-0.15, -0.1) is 11.8 Å². The Morgan fingerprint density at radius 3 is 2.62 bits per heavy atom. The van der Waals surface area contributed by atoms with E-state index < -0.39 is 0 Å². The molecule has 0 aliphatic carbocycles. The van der Waals surface area contributed by atoms with Crippen LogP contribution in [0.4, 0.5) is 5.13 Å². The molecule has 0 bridgehead atoms. The Morgan fingerprint density at radius 1 is 1.15 bits per heavy atom. The van der Waals surface area contributed by atoms with E-state index in [4.69, 9.17) is 4.98 Å². The number of thioether (sulfide) groups is 1. The summed E-state index contributed by atoms with van der Waals surface area (Å²) in [5, 5.41) is 0.772. The molecule has 2 aromatic carbocycles. The molecule has 3 rings (SSSR count). The second-order valence-corrected chi connectivity index (χ2v) is 8.62. The summed E-state index contributed by atoms with van der Waals surface area (Å²) >= 11 is 3.28. The van der Waals surface area contributed by atoms with Gasteiger partial charge in [0.05, 0.1) is 43.0 Å². The molecule has 0 aliphatic rings. The summed E-state index contributed by atoms with van der Waals surface area (Å²) in [4.78, 5) is 22.3. The van der Waals surface area contributed by atoms with Gasteiger partial charge in [-0.05, 0) is 30.0 Å². The highest BCUT2D eigenvalue weighted by Crippen LogP contribution is 2.31. The Morgan fingerprint density at radius 2 is 1.88 bits per heavy atom. The first kappa shape index (κ1) is 18.9. The van der Waals surface area contributed by atoms with E-state index in [1.165, 1.54) is 4.90 Å². The van der Waals surface area contributed by atoms with Crippen LogP contribution in [0.1, 0.15) is 17.3 Å². The van der Waals surface area contributed by atoms with Crippen LogP contribution in [0.15, 0.2) is 53.4 Å². The van der Waals surface area contributed by atoms with E-state index in [1.807, 2.05) is 47.4 Å². The minimum atomic E-state index is 0.0295. The highest BCUT2D eigenvalue weighted by Gasteiger charge is 2.24. The zero-order valence-electron chi connectivity index (χ0n) is 15.4. The monoisotopic (exact) mass is 386 g/mol. The van der Waals surface area contributed by atoms with Gasteiger partial charge in [-0.3, -0.25) is 9.69 Å². The third-order valence-corrected chi connectivity index (χ3v) is 6.03. The first-order valence-electron chi connectivity index (χ1n) is 8.78. The van der Waals surface area contributed by atoms with E-state index >= 15 is 0 Å². The molecule has 0 saturated carbocycles. The Bertz CT molecular complexity index is 858. The van der Waals surface area contributed by atoms with E-state index in [-0.39, 0.29) is 5.91 Å². The predicted octanol–water partition coefficient (Wildman–Crippen LogP) is 3.20. The molecule has 0 fully saturated rings. The summed E-state index contributed by atoms with van der Waals surface area (Å²) in [5.41, 5.74) is 1.70. The van der Waals surface area contributed by atoms with Crippen LogP contribution >= 0.6 is 23.1 Å². The van der Waals surface area contributed by atoms with Crippen LogP contribution in [0, 0.1) is 0 Å². The fraction of sp³-hybridized carbons (Fsp3) is 0.300. The molecule has 6 heteroatoms. The molecule has 0 spiro atoms. The van der Waals surface area contributed by atoms with Gasteiger partial charge in [-0.1, -0.05) is 42.5 Å². The van der Waals surface area contributed by atoms with Gasteiger partial charge in [-0.2, -0.15) is 0 Å². The number of likely N-dealkylation sites (N-methyl/N-ethyl adjacent to an activating group) is 1. The SMILES string of the molecule is CCSc1ccccc1C(=O)N(CC[NH+](C)C)c1nc2ccccc2s1. The number of nitrogens with one attached hydrogen (secondary N) is 1. The summed E-state index contributed by atoms with van der Waals surface area (Å²) in [6.07, 6.45) is 0. The van der Waals surface area contributed by atoms with Crippen LogP contribution in [0.2, 0.25) is 0 Å². The van der Waals surface area contributed by atoms with Crippen molar-refractivity contribution in [3.63, 3.8) is 0 Å². The van der Waals surface area contributed by atoms with Gasteiger partial charge < -0.3 is 4.90 Å². The lowest BCUT2D eigenvalue weighted by Gasteiger charge is -2.21. The number of aromatic nitrogens is 1. The van der Waals surface area contributed by atoms with Gasteiger partial charge in [-0.25, -0.2) is 4.98 Å². The first-order chi connectivity index (χ1) is 12.6. The number of hydrogen-bond donors (Lipinski definition) is 1. The maximum Gasteiger partial charge on any atom is 0.261 e. The van der Waals surface area contributed by atoms with Crippen LogP contribution in [-0.2, 0) is 0 Å².